The van der Waals surface area contributed by atoms with E-state index in [4.69, 9.17) is 0 Å². The SMILES string of the molecule is Cc1ccccc1NC(=O)CN1C(=O)N/C(=C\c2cc(C)n(-c3ccc(C(C)(C)C)cc3)c2C)C1=O. The normalized spacial score (nSPS) is 14.9. The lowest BCUT2D eigenvalue weighted by atomic mass is 9.87. The van der Waals surface area contributed by atoms with Gasteiger partial charge in [0.15, 0.2) is 0 Å². The van der Waals surface area contributed by atoms with Crippen LogP contribution in [0.3, 0.4) is 0 Å². The molecule has 36 heavy (non-hydrogen) atoms. The van der Waals surface area contributed by atoms with E-state index in [-0.39, 0.29) is 17.7 Å². The zero-order chi connectivity index (χ0) is 26.2. The lowest BCUT2D eigenvalue weighted by Gasteiger charge is -2.20. The minimum atomic E-state index is -0.613. The van der Waals surface area contributed by atoms with Gasteiger partial charge in [-0.05, 0) is 73.2 Å². The number of hydrogen-bond acceptors (Lipinski definition) is 3. The Balaban J connectivity index is 1.53. The maximum absolute atomic E-state index is 13.0. The molecule has 0 spiro atoms. The molecule has 1 fully saturated rings. The molecule has 4 amide bonds. The molecule has 4 rings (SSSR count). The van der Waals surface area contributed by atoms with E-state index in [1.807, 2.05) is 45.0 Å². The first kappa shape index (κ1) is 25.0. The van der Waals surface area contributed by atoms with Crippen molar-refractivity contribution in [3.8, 4) is 5.69 Å². The first-order chi connectivity index (χ1) is 17.0. The second kappa shape index (κ2) is 9.49. The van der Waals surface area contributed by atoms with Gasteiger partial charge in [-0.15, -0.1) is 0 Å². The number of nitrogens with zero attached hydrogens (tertiary/aromatic N) is 2. The highest BCUT2D eigenvalue weighted by molar-refractivity contribution is 6.16. The lowest BCUT2D eigenvalue weighted by molar-refractivity contribution is -0.127. The summed E-state index contributed by atoms with van der Waals surface area (Å²) in [6, 6.07) is 17.1. The Morgan fingerprint density at radius 1 is 1.00 bits per heavy atom. The predicted molar refractivity (Wildman–Crippen MR) is 142 cm³/mol. The van der Waals surface area contributed by atoms with E-state index in [9.17, 15) is 14.4 Å². The number of nitrogens with one attached hydrogen (secondary N) is 2. The molecule has 186 valence electrons. The van der Waals surface area contributed by atoms with Crippen LogP contribution in [0.4, 0.5) is 10.5 Å². The van der Waals surface area contributed by atoms with Gasteiger partial charge in [-0.2, -0.15) is 0 Å². The van der Waals surface area contributed by atoms with Crippen molar-refractivity contribution >= 4 is 29.6 Å². The first-order valence-corrected chi connectivity index (χ1v) is 12.0. The van der Waals surface area contributed by atoms with Crippen molar-refractivity contribution in [2.75, 3.05) is 11.9 Å². The summed E-state index contributed by atoms with van der Waals surface area (Å²) >= 11 is 0. The van der Waals surface area contributed by atoms with E-state index in [0.717, 1.165) is 33.1 Å². The summed E-state index contributed by atoms with van der Waals surface area (Å²) < 4.78 is 2.12. The monoisotopic (exact) mass is 484 g/mol. The highest BCUT2D eigenvalue weighted by Gasteiger charge is 2.35. The average Bonchev–Trinajstić information content (AvgIpc) is 3.24. The third-order valence-electron chi connectivity index (χ3n) is 6.44. The second-order valence-corrected chi connectivity index (χ2v) is 10.2. The molecule has 1 aromatic heterocycles. The van der Waals surface area contributed by atoms with Crippen molar-refractivity contribution in [1.82, 2.24) is 14.8 Å². The Kier molecular flexibility index (Phi) is 6.59. The van der Waals surface area contributed by atoms with Gasteiger partial charge < -0.3 is 15.2 Å². The summed E-state index contributed by atoms with van der Waals surface area (Å²) in [5, 5.41) is 5.37. The van der Waals surface area contributed by atoms with Crippen molar-refractivity contribution in [2.45, 2.75) is 47.0 Å². The molecular formula is C29H32N4O3. The van der Waals surface area contributed by atoms with Crippen molar-refractivity contribution in [1.29, 1.82) is 0 Å². The molecule has 0 radical (unpaired) electrons. The van der Waals surface area contributed by atoms with Crippen molar-refractivity contribution in [2.24, 2.45) is 0 Å². The molecule has 7 nitrogen and oxygen atoms in total. The first-order valence-electron chi connectivity index (χ1n) is 12.0. The number of rotatable bonds is 5. The number of hydrogen-bond donors (Lipinski definition) is 2. The van der Waals surface area contributed by atoms with Crippen LogP contribution in [-0.2, 0) is 15.0 Å². The van der Waals surface area contributed by atoms with E-state index in [1.165, 1.54) is 5.56 Å². The zero-order valence-electron chi connectivity index (χ0n) is 21.6. The van der Waals surface area contributed by atoms with E-state index in [0.29, 0.717) is 5.69 Å². The topological polar surface area (TPSA) is 83.4 Å². The van der Waals surface area contributed by atoms with Crippen LogP contribution in [0.15, 0.2) is 60.3 Å². The standard InChI is InChI=1S/C29H32N4O3/c1-18-9-7-8-10-24(18)30-26(34)17-32-27(35)25(31-28(32)36)16-21-15-19(2)33(20(21)3)23-13-11-22(12-14-23)29(4,5)6/h7-16H,17H2,1-6H3,(H,30,34)(H,31,36)/b25-16-. The van der Waals surface area contributed by atoms with Gasteiger partial charge in [0, 0.05) is 22.8 Å². The quantitative estimate of drug-likeness (QED) is 0.384. The van der Waals surface area contributed by atoms with Crippen LogP contribution < -0.4 is 10.6 Å². The maximum atomic E-state index is 13.0. The Labute approximate surface area is 211 Å². The number of carbonyl (C=O) groups excluding carboxylic acids is 3. The molecule has 2 N–H and O–H groups in total. The zero-order valence-corrected chi connectivity index (χ0v) is 21.6. The third kappa shape index (κ3) is 4.96. The highest BCUT2D eigenvalue weighted by Crippen LogP contribution is 2.27. The largest absolute Gasteiger partial charge is 0.329 e. The summed E-state index contributed by atoms with van der Waals surface area (Å²) in [4.78, 5) is 38.9. The van der Waals surface area contributed by atoms with Crippen molar-refractivity contribution < 1.29 is 14.4 Å². The smallest absolute Gasteiger partial charge is 0.324 e. The molecule has 2 heterocycles. The Morgan fingerprint density at radius 3 is 2.31 bits per heavy atom. The molecule has 0 bridgehead atoms. The van der Waals surface area contributed by atoms with Crippen LogP contribution in [-0.4, -0.2) is 33.9 Å². The van der Waals surface area contributed by atoms with Crippen molar-refractivity contribution in [3.05, 3.63) is 88.4 Å². The summed E-state index contributed by atoms with van der Waals surface area (Å²) in [5.74, 6) is -0.967. The summed E-state index contributed by atoms with van der Waals surface area (Å²) in [6.45, 7) is 12.0. The number of para-hydroxylation sites is 1. The second-order valence-electron chi connectivity index (χ2n) is 10.2. The Hall–Kier alpha value is -4.13. The Morgan fingerprint density at radius 2 is 1.67 bits per heavy atom. The molecular weight excluding hydrogens is 452 g/mol. The van der Waals surface area contributed by atoms with Gasteiger partial charge in [0.05, 0.1) is 0 Å². The third-order valence-corrected chi connectivity index (χ3v) is 6.44. The average molecular weight is 485 g/mol. The molecule has 7 heteroatoms. The van der Waals surface area contributed by atoms with Gasteiger partial charge in [-0.25, -0.2) is 9.69 Å². The molecule has 0 atom stereocenters. The van der Waals surface area contributed by atoms with Crippen LogP contribution >= 0.6 is 0 Å². The number of amides is 4. The number of urea groups is 1. The number of imide groups is 1. The predicted octanol–water partition coefficient (Wildman–Crippen LogP) is 5.23. The Bertz CT molecular complexity index is 1370. The van der Waals surface area contributed by atoms with Crippen LogP contribution in [0.1, 0.15) is 48.8 Å². The van der Waals surface area contributed by atoms with E-state index >= 15 is 0 Å². The molecule has 0 saturated carbocycles. The summed E-state index contributed by atoms with van der Waals surface area (Å²) in [7, 11) is 0. The molecule has 1 saturated heterocycles. The van der Waals surface area contributed by atoms with Gasteiger partial charge in [0.2, 0.25) is 5.91 Å². The molecule has 0 unspecified atom stereocenters. The van der Waals surface area contributed by atoms with Gasteiger partial charge in [0.25, 0.3) is 5.91 Å². The molecule has 2 aromatic carbocycles. The van der Waals surface area contributed by atoms with Crippen LogP contribution in [0, 0.1) is 20.8 Å². The molecule has 1 aliphatic heterocycles. The number of aromatic nitrogens is 1. The minimum Gasteiger partial charge on any atom is -0.324 e. The molecule has 3 aromatic rings. The number of aryl methyl sites for hydroxylation is 2. The van der Waals surface area contributed by atoms with Crippen molar-refractivity contribution in [3.63, 3.8) is 0 Å². The van der Waals surface area contributed by atoms with Crippen LogP contribution in [0.2, 0.25) is 0 Å². The van der Waals surface area contributed by atoms with E-state index in [1.54, 1.807) is 12.1 Å². The summed E-state index contributed by atoms with van der Waals surface area (Å²) in [6.07, 6.45) is 1.67. The fourth-order valence-electron chi connectivity index (χ4n) is 4.36. The number of anilines is 1. The van der Waals surface area contributed by atoms with Gasteiger partial charge in [-0.1, -0.05) is 51.1 Å². The van der Waals surface area contributed by atoms with Crippen LogP contribution in [0.5, 0.6) is 0 Å². The van der Waals surface area contributed by atoms with E-state index < -0.39 is 17.8 Å². The number of carbonyl (C=O) groups is 3. The maximum Gasteiger partial charge on any atom is 0.329 e. The lowest BCUT2D eigenvalue weighted by Crippen LogP contribution is -2.38. The van der Waals surface area contributed by atoms with Gasteiger partial charge >= 0.3 is 6.03 Å². The van der Waals surface area contributed by atoms with Gasteiger partial charge in [-0.3, -0.25) is 9.59 Å². The fourth-order valence-corrected chi connectivity index (χ4v) is 4.36. The molecule has 0 aliphatic carbocycles. The van der Waals surface area contributed by atoms with Gasteiger partial charge in [0.1, 0.15) is 12.2 Å². The van der Waals surface area contributed by atoms with E-state index in [2.05, 4.69) is 60.2 Å². The molecule has 1 aliphatic rings. The van der Waals surface area contributed by atoms with Crippen LogP contribution in [0.25, 0.3) is 11.8 Å². The number of benzene rings is 2. The summed E-state index contributed by atoms with van der Waals surface area (Å²) in [5.41, 5.74) is 6.81. The minimum absolute atomic E-state index is 0.0681. The highest BCUT2D eigenvalue weighted by atomic mass is 16.2. The fraction of sp³-hybridized carbons (Fsp3) is 0.276.